The van der Waals surface area contributed by atoms with Crippen LogP contribution in [0, 0.1) is 23.0 Å². The highest BCUT2D eigenvalue weighted by atomic mass is 16.6. The minimum absolute atomic E-state index is 0.174. The van der Waals surface area contributed by atoms with Crippen LogP contribution in [0.25, 0.3) is 0 Å². The summed E-state index contributed by atoms with van der Waals surface area (Å²) in [7, 11) is 0. The first-order valence-electron chi connectivity index (χ1n) is 6.08. The second-order valence-corrected chi connectivity index (χ2v) is 4.95. The van der Waals surface area contributed by atoms with Crippen molar-refractivity contribution in [2.24, 2.45) is 5.92 Å². The molecule has 1 saturated carbocycles. The molecule has 1 N–H and O–H groups in total. The maximum atomic E-state index is 11.0. The fourth-order valence-electron chi connectivity index (χ4n) is 2.15. The van der Waals surface area contributed by atoms with Crippen LogP contribution in [0.1, 0.15) is 31.7 Å². The first-order chi connectivity index (χ1) is 8.08. The monoisotopic (exact) mass is 234 g/mol. The molecule has 1 atom stereocenters. The van der Waals surface area contributed by atoms with Gasteiger partial charge in [-0.05, 0) is 31.7 Å². The molecule has 1 unspecified atom stereocenters. The van der Waals surface area contributed by atoms with Gasteiger partial charge in [0, 0.05) is 12.1 Å². The molecule has 4 heteroatoms. The minimum atomic E-state index is -0.320. The van der Waals surface area contributed by atoms with E-state index in [1.807, 2.05) is 13.0 Å². The van der Waals surface area contributed by atoms with E-state index in [1.165, 1.54) is 12.8 Å². The molecule has 0 spiro atoms. The number of hydrogen-bond donors (Lipinski definition) is 1. The average Bonchev–Trinajstić information content (AvgIpc) is 3.04. The Morgan fingerprint density at radius 3 is 2.82 bits per heavy atom. The van der Waals surface area contributed by atoms with Gasteiger partial charge in [-0.25, -0.2) is 0 Å². The third kappa shape index (κ3) is 2.96. The highest BCUT2D eigenvalue weighted by molar-refractivity contribution is 5.66. The topological polar surface area (TPSA) is 55.2 Å². The lowest BCUT2D eigenvalue weighted by atomic mass is 10.1. The Bertz CT molecular complexity index is 427. The molecule has 1 fully saturated rings. The molecule has 2 rings (SSSR count). The van der Waals surface area contributed by atoms with Crippen molar-refractivity contribution < 1.29 is 4.92 Å². The van der Waals surface area contributed by atoms with Crippen molar-refractivity contribution >= 4 is 11.4 Å². The molecule has 0 heterocycles. The summed E-state index contributed by atoms with van der Waals surface area (Å²) in [4.78, 5) is 10.6. The van der Waals surface area contributed by atoms with Gasteiger partial charge >= 0.3 is 0 Å². The first-order valence-corrected chi connectivity index (χ1v) is 6.08. The predicted octanol–water partition coefficient (Wildman–Crippen LogP) is 3.50. The fourth-order valence-corrected chi connectivity index (χ4v) is 2.15. The molecular weight excluding hydrogens is 216 g/mol. The van der Waals surface area contributed by atoms with E-state index in [1.54, 1.807) is 12.1 Å². The van der Waals surface area contributed by atoms with E-state index >= 15 is 0 Å². The number of hydrogen-bond acceptors (Lipinski definition) is 3. The molecule has 1 aromatic rings. The fraction of sp³-hybridized carbons (Fsp3) is 0.538. The molecule has 4 nitrogen and oxygen atoms in total. The second-order valence-electron chi connectivity index (χ2n) is 4.95. The molecule has 1 aromatic carbocycles. The van der Waals surface area contributed by atoms with Gasteiger partial charge < -0.3 is 5.32 Å². The van der Waals surface area contributed by atoms with Crippen molar-refractivity contribution in [3.8, 4) is 0 Å². The zero-order valence-electron chi connectivity index (χ0n) is 10.3. The molecule has 0 aromatic heterocycles. The van der Waals surface area contributed by atoms with E-state index in [-0.39, 0.29) is 10.6 Å². The van der Waals surface area contributed by atoms with Crippen LogP contribution in [0.5, 0.6) is 0 Å². The summed E-state index contributed by atoms with van der Waals surface area (Å²) in [5.74, 6) is 0.820. The van der Waals surface area contributed by atoms with Gasteiger partial charge in [0.15, 0.2) is 0 Å². The van der Waals surface area contributed by atoms with E-state index in [4.69, 9.17) is 0 Å². The van der Waals surface area contributed by atoms with Gasteiger partial charge in [0.2, 0.25) is 0 Å². The van der Waals surface area contributed by atoms with E-state index in [2.05, 4.69) is 12.2 Å². The molecule has 0 radical (unpaired) electrons. The maximum absolute atomic E-state index is 11.0. The Kier molecular flexibility index (Phi) is 3.31. The summed E-state index contributed by atoms with van der Waals surface area (Å²) in [5.41, 5.74) is 1.78. The third-order valence-corrected chi connectivity index (χ3v) is 3.22. The minimum Gasteiger partial charge on any atom is -0.377 e. The summed E-state index contributed by atoms with van der Waals surface area (Å²) >= 11 is 0. The van der Waals surface area contributed by atoms with E-state index in [9.17, 15) is 10.1 Å². The number of aryl methyl sites for hydroxylation is 1. The van der Waals surface area contributed by atoms with Crippen molar-refractivity contribution in [3.63, 3.8) is 0 Å². The van der Waals surface area contributed by atoms with Crippen LogP contribution in [0.4, 0.5) is 11.4 Å². The number of nitro benzene ring substituents is 1. The van der Waals surface area contributed by atoms with E-state index in [0.29, 0.717) is 11.7 Å². The smallest absolute Gasteiger partial charge is 0.292 e. The Hall–Kier alpha value is -1.58. The van der Waals surface area contributed by atoms with Crippen molar-refractivity contribution in [2.75, 3.05) is 5.32 Å². The molecule has 0 aliphatic heterocycles. The van der Waals surface area contributed by atoms with Crippen LogP contribution in [-0.4, -0.2) is 11.0 Å². The van der Waals surface area contributed by atoms with Crippen molar-refractivity contribution in [1.29, 1.82) is 0 Å². The van der Waals surface area contributed by atoms with Crippen LogP contribution >= 0.6 is 0 Å². The van der Waals surface area contributed by atoms with Gasteiger partial charge in [-0.1, -0.05) is 25.0 Å². The summed E-state index contributed by atoms with van der Waals surface area (Å²) in [6, 6.07) is 5.48. The van der Waals surface area contributed by atoms with E-state index in [0.717, 1.165) is 17.9 Å². The Balaban J connectivity index is 2.14. The Labute approximate surface area is 101 Å². The molecule has 0 saturated heterocycles. The van der Waals surface area contributed by atoms with Crippen molar-refractivity contribution in [2.45, 2.75) is 39.2 Å². The molecule has 0 amide bonds. The summed E-state index contributed by atoms with van der Waals surface area (Å²) in [6.07, 6.45) is 3.72. The summed E-state index contributed by atoms with van der Waals surface area (Å²) < 4.78 is 0. The number of benzene rings is 1. The number of rotatable bonds is 5. The standard InChI is InChI=1S/C13H18N2O2/c1-9-4-3-5-12(15(16)17)13(9)14-10(2)8-11-6-7-11/h3-5,10-11,14H,6-8H2,1-2H3. The average molecular weight is 234 g/mol. The third-order valence-electron chi connectivity index (χ3n) is 3.22. The first kappa shape index (κ1) is 11.9. The largest absolute Gasteiger partial charge is 0.377 e. The van der Waals surface area contributed by atoms with Crippen LogP contribution in [0.3, 0.4) is 0 Å². The van der Waals surface area contributed by atoms with Gasteiger partial charge in [-0.15, -0.1) is 0 Å². The molecule has 0 bridgehead atoms. The Morgan fingerprint density at radius 1 is 1.53 bits per heavy atom. The van der Waals surface area contributed by atoms with E-state index < -0.39 is 0 Å². The number of nitrogens with zero attached hydrogens (tertiary/aromatic N) is 1. The quantitative estimate of drug-likeness (QED) is 0.626. The second kappa shape index (κ2) is 4.73. The van der Waals surface area contributed by atoms with Crippen molar-refractivity contribution in [3.05, 3.63) is 33.9 Å². The SMILES string of the molecule is Cc1cccc([N+](=O)[O-])c1NC(C)CC1CC1. The van der Waals surface area contributed by atoms with Gasteiger partial charge in [0.05, 0.1) is 4.92 Å². The zero-order valence-corrected chi connectivity index (χ0v) is 10.3. The maximum Gasteiger partial charge on any atom is 0.292 e. The van der Waals surface area contributed by atoms with Crippen LogP contribution in [0.2, 0.25) is 0 Å². The van der Waals surface area contributed by atoms with Crippen molar-refractivity contribution in [1.82, 2.24) is 0 Å². The lowest BCUT2D eigenvalue weighted by molar-refractivity contribution is -0.384. The molecule has 17 heavy (non-hydrogen) atoms. The van der Waals surface area contributed by atoms with Gasteiger partial charge in [-0.2, -0.15) is 0 Å². The number of anilines is 1. The predicted molar refractivity (Wildman–Crippen MR) is 68.3 cm³/mol. The normalized spacial score (nSPS) is 16.6. The van der Waals surface area contributed by atoms with Gasteiger partial charge in [0.25, 0.3) is 5.69 Å². The molecule has 1 aliphatic rings. The summed E-state index contributed by atoms with van der Waals surface area (Å²) in [5, 5.41) is 14.2. The molecule has 92 valence electrons. The highest BCUT2D eigenvalue weighted by Gasteiger charge is 2.25. The van der Waals surface area contributed by atoms with Crippen LogP contribution in [-0.2, 0) is 0 Å². The number of para-hydroxylation sites is 1. The van der Waals surface area contributed by atoms with Crippen LogP contribution in [0.15, 0.2) is 18.2 Å². The zero-order chi connectivity index (χ0) is 12.4. The van der Waals surface area contributed by atoms with Gasteiger partial charge in [0.1, 0.15) is 5.69 Å². The number of nitro groups is 1. The number of nitrogens with one attached hydrogen (secondary N) is 1. The molecular formula is C13H18N2O2. The lowest BCUT2D eigenvalue weighted by Crippen LogP contribution is -2.17. The lowest BCUT2D eigenvalue weighted by Gasteiger charge is -2.16. The summed E-state index contributed by atoms with van der Waals surface area (Å²) in [6.45, 7) is 3.99. The Morgan fingerprint density at radius 2 is 2.24 bits per heavy atom. The molecule has 1 aliphatic carbocycles. The van der Waals surface area contributed by atoms with Gasteiger partial charge in [-0.3, -0.25) is 10.1 Å². The highest BCUT2D eigenvalue weighted by Crippen LogP contribution is 2.35. The van der Waals surface area contributed by atoms with Crippen LogP contribution < -0.4 is 5.32 Å².